The van der Waals surface area contributed by atoms with Crippen LogP contribution in [0.25, 0.3) is 10.8 Å². The van der Waals surface area contributed by atoms with Crippen molar-refractivity contribution in [1.82, 2.24) is 4.98 Å². The fraction of sp³-hybridized carbons (Fsp3) is 0.214. The molecule has 0 atom stereocenters. The first kappa shape index (κ1) is 11.3. The van der Waals surface area contributed by atoms with Crippen LogP contribution in [0.2, 0.25) is 0 Å². The molecule has 0 aliphatic carbocycles. The zero-order chi connectivity index (χ0) is 11.3. The van der Waals surface area contributed by atoms with Crippen LogP contribution in [-0.4, -0.2) is 4.98 Å². The van der Waals surface area contributed by atoms with Gasteiger partial charge in [0.1, 0.15) is 0 Å². The van der Waals surface area contributed by atoms with Crippen molar-refractivity contribution in [2.75, 3.05) is 0 Å². The molecule has 76 valence electrons. The summed E-state index contributed by atoms with van der Waals surface area (Å²) in [5.41, 5.74) is 2.07. The highest BCUT2D eigenvalue weighted by molar-refractivity contribution is 5.89. The van der Waals surface area contributed by atoms with Gasteiger partial charge in [-0.2, -0.15) is 0 Å². The third-order valence-electron chi connectivity index (χ3n) is 2.13. The molecule has 0 N–H and O–H groups in total. The molecular weight excluding hydrogens is 182 g/mol. The lowest BCUT2D eigenvalue weighted by Gasteiger charge is -2.02. The second kappa shape index (κ2) is 5.17. The number of hydrogen-bond acceptors (Lipinski definition) is 1. The fourth-order valence-corrected chi connectivity index (χ4v) is 1.53. The third-order valence-corrected chi connectivity index (χ3v) is 2.13. The number of fused-ring (bicyclic) bond motifs is 1. The zero-order valence-electron chi connectivity index (χ0n) is 9.41. The molecule has 0 amide bonds. The van der Waals surface area contributed by atoms with Crippen LogP contribution in [0, 0.1) is 19.3 Å². The van der Waals surface area contributed by atoms with Gasteiger partial charge >= 0.3 is 0 Å². The molecule has 15 heavy (non-hydrogen) atoms. The lowest BCUT2D eigenvalue weighted by molar-refractivity contribution is 1.31. The molecule has 2 rings (SSSR count). The van der Waals surface area contributed by atoms with E-state index in [2.05, 4.69) is 10.9 Å². The summed E-state index contributed by atoms with van der Waals surface area (Å²) in [6.45, 7) is 6.02. The highest BCUT2D eigenvalue weighted by Gasteiger charge is 2.00. The minimum absolute atomic E-state index is 0.942. The van der Waals surface area contributed by atoms with Gasteiger partial charge in [-0.15, -0.1) is 6.42 Å². The number of aromatic nitrogens is 1. The largest absolute Gasteiger partial charge is 0.264 e. The molecule has 2 aromatic rings. The summed E-state index contributed by atoms with van der Waals surface area (Å²) in [6, 6.07) is 5.93. The first-order chi connectivity index (χ1) is 7.33. The molecule has 0 radical (unpaired) electrons. The van der Waals surface area contributed by atoms with E-state index in [0.717, 1.165) is 21.9 Å². The number of aryl methyl sites for hydroxylation is 1. The van der Waals surface area contributed by atoms with Crippen molar-refractivity contribution < 1.29 is 0 Å². The summed E-state index contributed by atoms with van der Waals surface area (Å²) in [5, 5.41) is 2.25. The Kier molecular flexibility index (Phi) is 3.88. The van der Waals surface area contributed by atoms with E-state index < -0.39 is 0 Å². The van der Waals surface area contributed by atoms with E-state index in [0.29, 0.717) is 0 Å². The Bertz CT molecular complexity index is 487. The Morgan fingerprint density at radius 3 is 2.60 bits per heavy atom. The number of hydrogen-bond donors (Lipinski definition) is 0. The molecule has 1 aromatic heterocycles. The zero-order valence-corrected chi connectivity index (χ0v) is 9.41. The van der Waals surface area contributed by atoms with E-state index in [1.165, 1.54) is 0 Å². The summed E-state index contributed by atoms with van der Waals surface area (Å²) in [7, 11) is 0. The SMILES string of the molecule is C#Cc1cccc2cncc(C)c12.CC. The number of terminal acetylenes is 1. The summed E-state index contributed by atoms with van der Waals surface area (Å²) in [5.74, 6) is 2.68. The van der Waals surface area contributed by atoms with Crippen molar-refractivity contribution in [3.8, 4) is 12.3 Å². The summed E-state index contributed by atoms with van der Waals surface area (Å²) in [4.78, 5) is 4.12. The first-order valence-corrected chi connectivity index (χ1v) is 5.13. The Balaban J connectivity index is 0.000000531. The predicted octanol–water partition coefficient (Wildman–Crippen LogP) is 3.55. The van der Waals surface area contributed by atoms with Crippen LogP contribution < -0.4 is 0 Å². The molecule has 0 unspecified atom stereocenters. The van der Waals surface area contributed by atoms with Crippen molar-refractivity contribution in [2.24, 2.45) is 0 Å². The highest BCUT2D eigenvalue weighted by Crippen LogP contribution is 2.20. The first-order valence-electron chi connectivity index (χ1n) is 5.13. The van der Waals surface area contributed by atoms with Crippen LogP contribution >= 0.6 is 0 Å². The van der Waals surface area contributed by atoms with Crippen molar-refractivity contribution in [3.63, 3.8) is 0 Å². The summed E-state index contributed by atoms with van der Waals surface area (Å²) < 4.78 is 0. The normalized spacial score (nSPS) is 8.93. The van der Waals surface area contributed by atoms with Crippen molar-refractivity contribution in [3.05, 3.63) is 41.7 Å². The Labute approximate surface area is 91.2 Å². The molecule has 1 nitrogen and oxygen atoms in total. The van der Waals surface area contributed by atoms with Gasteiger partial charge in [-0.25, -0.2) is 0 Å². The maximum Gasteiger partial charge on any atom is 0.0347 e. The van der Waals surface area contributed by atoms with E-state index in [-0.39, 0.29) is 0 Å². The van der Waals surface area contributed by atoms with E-state index in [1.807, 2.05) is 51.4 Å². The topological polar surface area (TPSA) is 12.9 Å². The van der Waals surface area contributed by atoms with E-state index in [4.69, 9.17) is 6.42 Å². The van der Waals surface area contributed by atoms with Gasteiger partial charge in [-0.3, -0.25) is 4.98 Å². The summed E-state index contributed by atoms with van der Waals surface area (Å²) in [6.07, 6.45) is 9.09. The molecular formula is C14H15N. The van der Waals surface area contributed by atoms with Crippen LogP contribution in [0.4, 0.5) is 0 Å². The standard InChI is InChI=1S/C12H9N.C2H6/c1-3-10-5-4-6-11-8-13-7-9(2)12(10)11;1-2/h1,4-8H,2H3;1-2H3. The Hall–Kier alpha value is -1.81. The van der Waals surface area contributed by atoms with Gasteiger partial charge in [0.2, 0.25) is 0 Å². The lowest BCUT2D eigenvalue weighted by Crippen LogP contribution is -1.85. The molecule has 0 saturated carbocycles. The van der Waals surface area contributed by atoms with Crippen molar-refractivity contribution in [1.29, 1.82) is 0 Å². The van der Waals surface area contributed by atoms with Crippen LogP contribution in [0.5, 0.6) is 0 Å². The third kappa shape index (κ3) is 2.16. The van der Waals surface area contributed by atoms with E-state index in [1.54, 1.807) is 0 Å². The average Bonchev–Trinajstić information content (AvgIpc) is 2.31. The molecule has 1 heterocycles. The smallest absolute Gasteiger partial charge is 0.0347 e. The lowest BCUT2D eigenvalue weighted by atomic mass is 10.0. The van der Waals surface area contributed by atoms with Crippen LogP contribution in [0.15, 0.2) is 30.6 Å². The highest BCUT2D eigenvalue weighted by atomic mass is 14.6. The molecule has 0 aliphatic rings. The minimum Gasteiger partial charge on any atom is -0.264 e. The van der Waals surface area contributed by atoms with Crippen LogP contribution in [-0.2, 0) is 0 Å². The minimum atomic E-state index is 0.942. The van der Waals surface area contributed by atoms with Gasteiger partial charge in [0.15, 0.2) is 0 Å². The van der Waals surface area contributed by atoms with Crippen molar-refractivity contribution >= 4 is 10.8 Å². The van der Waals surface area contributed by atoms with E-state index in [9.17, 15) is 0 Å². The number of pyridine rings is 1. The Morgan fingerprint density at radius 2 is 1.93 bits per heavy atom. The summed E-state index contributed by atoms with van der Waals surface area (Å²) >= 11 is 0. The molecule has 0 bridgehead atoms. The van der Waals surface area contributed by atoms with Gasteiger partial charge < -0.3 is 0 Å². The second-order valence-corrected chi connectivity index (χ2v) is 3.00. The quantitative estimate of drug-likeness (QED) is 0.588. The second-order valence-electron chi connectivity index (χ2n) is 3.00. The number of benzene rings is 1. The van der Waals surface area contributed by atoms with Crippen molar-refractivity contribution in [2.45, 2.75) is 20.8 Å². The van der Waals surface area contributed by atoms with Crippen LogP contribution in [0.1, 0.15) is 25.0 Å². The van der Waals surface area contributed by atoms with Gasteiger partial charge in [-0.1, -0.05) is 31.9 Å². The monoisotopic (exact) mass is 197 g/mol. The van der Waals surface area contributed by atoms with Gasteiger partial charge in [0.25, 0.3) is 0 Å². The van der Waals surface area contributed by atoms with Gasteiger partial charge in [-0.05, 0) is 18.6 Å². The number of rotatable bonds is 0. The number of nitrogens with zero attached hydrogens (tertiary/aromatic N) is 1. The van der Waals surface area contributed by atoms with E-state index >= 15 is 0 Å². The van der Waals surface area contributed by atoms with Crippen LogP contribution in [0.3, 0.4) is 0 Å². The molecule has 1 heteroatoms. The fourth-order valence-electron chi connectivity index (χ4n) is 1.53. The maximum absolute atomic E-state index is 5.41. The molecule has 0 aliphatic heterocycles. The average molecular weight is 197 g/mol. The Morgan fingerprint density at radius 1 is 1.20 bits per heavy atom. The molecule has 0 spiro atoms. The molecule has 0 fully saturated rings. The van der Waals surface area contributed by atoms with Gasteiger partial charge in [0.05, 0.1) is 0 Å². The van der Waals surface area contributed by atoms with Gasteiger partial charge in [0, 0.05) is 28.7 Å². The predicted molar refractivity (Wildman–Crippen MR) is 65.8 cm³/mol. The molecule has 1 aromatic carbocycles. The molecule has 0 saturated heterocycles. The maximum atomic E-state index is 5.41.